The molecule has 0 amide bonds. The van der Waals surface area contributed by atoms with E-state index < -0.39 is 5.60 Å². The molecule has 78 valence electrons. The van der Waals surface area contributed by atoms with Crippen molar-refractivity contribution in [3.05, 3.63) is 0 Å². The largest absolute Gasteiger partial charge is 0.355 e. The molecule has 0 bridgehead atoms. The van der Waals surface area contributed by atoms with Gasteiger partial charge in [-0.2, -0.15) is 10.4 Å². The maximum atomic E-state index is 9.11. The average Bonchev–Trinajstić information content (AvgIpc) is 2.32. The number of nitrogens with zero attached hydrogens (tertiary/aromatic N) is 2. The van der Waals surface area contributed by atoms with E-state index >= 15 is 0 Å². The normalized spacial score (nSPS) is 36.1. The first-order valence-corrected chi connectivity index (χ1v) is 4.94. The van der Waals surface area contributed by atoms with Gasteiger partial charge in [-0.25, -0.2) is 0 Å². The summed E-state index contributed by atoms with van der Waals surface area (Å²) in [6, 6.07) is 2.19. The van der Waals surface area contributed by atoms with Gasteiger partial charge < -0.3 is 10.2 Å². The van der Waals surface area contributed by atoms with E-state index in [9.17, 15) is 0 Å². The summed E-state index contributed by atoms with van der Waals surface area (Å²) in [5.74, 6) is 0.301. The molecule has 0 aliphatic carbocycles. The van der Waals surface area contributed by atoms with Crippen molar-refractivity contribution in [2.75, 3.05) is 13.7 Å². The predicted octanol–water partition coefficient (Wildman–Crippen LogP) is 1.29. The number of hydrogen-bond acceptors (Lipinski definition) is 4. The van der Waals surface area contributed by atoms with Crippen molar-refractivity contribution in [1.82, 2.24) is 5.43 Å². The van der Waals surface area contributed by atoms with E-state index in [0.29, 0.717) is 12.5 Å². The van der Waals surface area contributed by atoms with E-state index in [1.165, 1.54) is 0 Å². The van der Waals surface area contributed by atoms with Gasteiger partial charge in [0.1, 0.15) is 6.07 Å². The Bertz CT molecular complexity index is 269. The number of hydrazone groups is 1. The lowest BCUT2D eigenvalue weighted by molar-refractivity contribution is 0.0642. The second-order valence-corrected chi connectivity index (χ2v) is 3.76. The molecule has 1 heterocycles. The predicted molar refractivity (Wildman–Crippen MR) is 54.9 cm³/mol. The fraction of sp³-hybridized carbons (Fsp3) is 0.800. The van der Waals surface area contributed by atoms with Crippen LogP contribution in [0.5, 0.6) is 0 Å². The first-order valence-electron chi connectivity index (χ1n) is 4.94. The summed E-state index contributed by atoms with van der Waals surface area (Å²) in [5, 5.41) is 13.3. The van der Waals surface area contributed by atoms with Crippen molar-refractivity contribution in [3.8, 4) is 6.07 Å². The summed E-state index contributed by atoms with van der Waals surface area (Å²) < 4.78 is 5.54. The molecule has 1 rings (SSSR count). The molecule has 0 aromatic rings. The topological polar surface area (TPSA) is 57.4 Å². The SMILES string of the molecule is CN/N=C1/[C@@H](C)CCCOC1(C)C#N. The minimum atomic E-state index is -0.862. The van der Waals surface area contributed by atoms with Crippen molar-refractivity contribution < 1.29 is 4.74 Å². The Morgan fingerprint density at radius 2 is 2.43 bits per heavy atom. The molecule has 1 aliphatic heterocycles. The van der Waals surface area contributed by atoms with Crippen molar-refractivity contribution in [2.24, 2.45) is 11.0 Å². The van der Waals surface area contributed by atoms with Gasteiger partial charge in [0, 0.05) is 19.6 Å². The van der Waals surface area contributed by atoms with Gasteiger partial charge >= 0.3 is 0 Å². The van der Waals surface area contributed by atoms with Gasteiger partial charge in [0.2, 0.25) is 0 Å². The third kappa shape index (κ3) is 2.05. The van der Waals surface area contributed by atoms with Crippen molar-refractivity contribution in [3.63, 3.8) is 0 Å². The molecular formula is C10H17N3O. The average molecular weight is 195 g/mol. The molecular weight excluding hydrogens is 178 g/mol. The maximum absolute atomic E-state index is 9.11. The lowest BCUT2D eigenvalue weighted by Gasteiger charge is -2.24. The molecule has 0 spiro atoms. The third-order valence-electron chi connectivity index (χ3n) is 2.57. The zero-order valence-electron chi connectivity index (χ0n) is 9.00. The minimum Gasteiger partial charge on any atom is -0.355 e. The summed E-state index contributed by atoms with van der Waals surface area (Å²) >= 11 is 0. The maximum Gasteiger partial charge on any atom is 0.191 e. The Balaban J connectivity index is 3.00. The molecule has 1 unspecified atom stereocenters. The van der Waals surface area contributed by atoms with Gasteiger partial charge in [-0.05, 0) is 19.8 Å². The summed E-state index contributed by atoms with van der Waals surface area (Å²) in [6.45, 7) is 4.50. The van der Waals surface area contributed by atoms with Crippen LogP contribution in [0.2, 0.25) is 0 Å². The van der Waals surface area contributed by atoms with Crippen LogP contribution in [0, 0.1) is 17.2 Å². The van der Waals surface area contributed by atoms with E-state index in [0.717, 1.165) is 18.6 Å². The quantitative estimate of drug-likeness (QED) is 0.641. The summed E-state index contributed by atoms with van der Waals surface area (Å²) in [4.78, 5) is 0. The molecule has 2 atom stereocenters. The summed E-state index contributed by atoms with van der Waals surface area (Å²) in [5.41, 5.74) is 2.69. The van der Waals surface area contributed by atoms with Crippen LogP contribution >= 0.6 is 0 Å². The molecule has 4 heteroatoms. The molecule has 1 fully saturated rings. The van der Waals surface area contributed by atoms with Crippen LogP contribution in [0.4, 0.5) is 0 Å². The summed E-state index contributed by atoms with van der Waals surface area (Å²) in [6.07, 6.45) is 2.01. The molecule has 14 heavy (non-hydrogen) atoms. The van der Waals surface area contributed by atoms with E-state index in [4.69, 9.17) is 10.00 Å². The lowest BCUT2D eigenvalue weighted by atomic mass is 9.90. The fourth-order valence-corrected chi connectivity index (χ4v) is 1.77. The van der Waals surface area contributed by atoms with E-state index in [-0.39, 0.29) is 0 Å². The Kier molecular flexibility index (Phi) is 3.48. The van der Waals surface area contributed by atoms with E-state index in [2.05, 4.69) is 23.5 Å². The zero-order chi connectivity index (χ0) is 10.6. The Labute approximate surface area is 84.9 Å². The second-order valence-electron chi connectivity index (χ2n) is 3.76. The molecule has 1 aliphatic rings. The second kappa shape index (κ2) is 4.43. The van der Waals surface area contributed by atoms with Crippen LogP contribution in [0.25, 0.3) is 0 Å². The number of hydrogen-bond donors (Lipinski definition) is 1. The van der Waals surface area contributed by atoms with Gasteiger partial charge in [0.05, 0.1) is 5.71 Å². The molecule has 0 aromatic carbocycles. The fourth-order valence-electron chi connectivity index (χ4n) is 1.77. The molecule has 0 saturated carbocycles. The standard InChI is InChI=1S/C10H17N3O/c1-8-5-4-6-14-10(2,7-11)9(8)13-12-3/h8,12H,4-6H2,1-3H3/b13-9-/t8-,10?/m0/s1. The monoisotopic (exact) mass is 195 g/mol. The lowest BCUT2D eigenvalue weighted by Crippen LogP contribution is -2.40. The van der Waals surface area contributed by atoms with Crippen LogP contribution in [0.3, 0.4) is 0 Å². The zero-order valence-corrected chi connectivity index (χ0v) is 9.00. The first-order chi connectivity index (χ1) is 6.64. The highest BCUT2D eigenvalue weighted by atomic mass is 16.5. The van der Waals surface area contributed by atoms with E-state index in [1.807, 2.05) is 0 Å². The number of nitrogens with one attached hydrogen (secondary N) is 1. The van der Waals surface area contributed by atoms with Crippen LogP contribution in [-0.4, -0.2) is 25.0 Å². The first kappa shape index (κ1) is 11.0. The highest BCUT2D eigenvalue weighted by Crippen LogP contribution is 2.25. The van der Waals surface area contributed by atoms with Gasteiger partial charge in [0.25, 0.3) is 0 Å². The van der Waals surface area contributed by atoms with Crippen molar-refractivity contribution in [1.29, 1.82) is 5.26 Å². The molecule has 1 N–H and O–H groups in total. The Hall–Kier alpha value is -1.08. The number of nitriles is 1. The van der Waals surface area contributed by atoms with Gasteiger partial charge in [-0.1, -0.05) is 6.92 Å². The molecule has 1 saturated heterocycles. The number of rotatable bonds is 1. The van der Waals surface area contributed by atoms with Crippen LogP contribution in [0.15, 0.2) is 5.10 Å². The van der Waals surface area contributed by atoms with Crippen molar-refractivity contribution in [2.45, 2.75) is 32.3 Å². The molecule has 0 aromatic heterocycles. The van der Waals surface area contributed by atoms with Crippen LogP contribution in [0.1, 0.15) is 26.7 Å². The van der Waals surface area contributed by atoms with Gasteiger partial charge in [-0.3, -0.25) is 0 Å². The van der Waals surface area contributed by atoms with E-state index in [1.54, 1.807) is 14.0 Å². The third-order valence-corrected chi connectivity index (χ3v) is 2.57. The number of ether oxygens (including phenoxy) is 1. The van der Waals surface area contributed by atoms with Crippen LogP contribution in [-0.2, 0) is 4.74 Å². The van der Waals surface area contributed by atoms with Gasteiger partial charge in [-0.15, -0.1) is 0 Å². The minimum absolute atomic E-state index is 0.301. The van der Waals surface area contributed by atoms with Crippen molar-refractivity contribution >= 4 is 5.71 Å². The Morgan fingerprint density at radius 1 is 1.71 bits per heavy atom. The smallest absolute Gasteiger partial charge is 0.191 e. The van der Waals surface area contributed by atoms with Gasteiger partial charge in [0.15, 0.2) is 5.60 Å². The van der Waals surface area contributed by atoms with Crippen LogP contribution < -0.4 is 5.43 Å². The summed E-state index contributed by atoms with van der Waals surface area (Å²) in [7, 11) is 1.74. The highest BCUT2D eigenvalue weighted by molar-refractivity contribution is 5.96. The highest BCUT2D eigenvalue weighted by Gasteiger charge is 2.37. The molecule has 4 nitrogen and oxygen atoms in total. The molecule has 0 radical (unpaired) electrons. The Morgan fingerprint density at radius 3 is 3.00 bits per heavy atom.